The Morgan fingerprint density at radius 3 is 2.61 bits per heavy atom. The van der Waals surface area contributed by atoms with Crippen molar-refractivity contribution in [3.05, 3.63) is 34.3 Å². The zero-order valence-corrected chi connectivity index (χ0v) is 12.6. The van der Waals surface area contributed by atoms with Crippen molar-refractivity contribution in [1.29, 1.82) is 0 Å². The largest absolute Gasteiger partial charge is 0.392 e. The predicted molar refractivity (Wildman–Crippen MR) is 79.1 cm³/mol. The highest BCUT2D eigenvalue weighted by atomic mass is 79.9. The first kappa shape index (κ1) is 13.5. The second-order valence-electron chi connectivity index (χ2n) is 4.70. The van der Waals surface area contributed by atoms with E-state index < -0.39 is 5.41 Å². The molecule has 1 aromatic rings. The van der Waals surface area contributed by atoms with E-state index in [-0.39, 0.29) is 5.91 Å². The minimum atomic E-state index is -0.564. The Balaban J connectivity index is 2.10. The number of amides is 1. The van der Waals surface area contributed by atoms with Crippen molar-refractivity contribution in [2.24, 2.45) is 11.1 Å². The zero-order chi connectivity index (χ0) is 13.3. The lowest BCUT2D eigenvalue weighted by atomic mass is 10.1. The Bertz CT molecular complexity index is 500. The van der Waals surface area contributed by atoms with Crippen molar-refractivity contribution < 1.29 is 4.79 Å². The Kier molecular flexibility index (Phi) is 3.73. The van der Waals surface area contributed by atoms with Crippen molar-refractivity contribution in [3.63, 3.8) is 0 Å². The van der Waals surface area contributed by atoms with Crippen LogP contribution < -0.4 is 5.73 Å². The maximum absolute atomic E-state index is 12.3. The van der Waals surface area contributed by atoms with Gasteiger partial charge in [-0.1, -0.05) is 46.3 Å². The van der Waals surface area contributed by atoms with Gasteiger partial charge in [0.1, 0.15) is 0 Å². The molecule has 0 bridgehead atoms. The van der Waals surface area contributed by atoms with Gasteiger partial charge >= 0.3 is 0 Å². The Labute approximate surface area is 120 Å². The summed E-state index contributed by atoms with van der Waals surface area (Å²) in [7, 11) is 1.79. The molecule has 0 heterocycles. The van der Waals surface area contributed by atoms with Crippen molar-refractivity contribution in [3.8, 4) is 0 Å². The third kappa shape index (κ3) is 2.42. The Hall–Kier alpha value is -0.940. The molecule has 2 rings (SSSR count). The molecule has 1 fully saturated rings. The first-order valence-corrected chi connectivity index (χ1v) is 6.96. The van der Waals surface area contributed by atoms with Gasteiger partial charge in [-0.15, -0.1) is 0 Å². The van der Waals surface area contributed by atoms with Gasteiger partial charge in [0, 0.05) is 18.1 Å². The number of benzene rings is 1. The average Bonchev–Trinajstić information content (AvgIpc) is 3.12. The molecule has 18 heavy (non-hydrogen) atoms. The minimum absolute atomic E-state index is 0.0331. The molecule has 0 atom stereocenters. The van der Waals surface area contributed by atoms with Crippen LogP contribution in [0.25, 0.3) is 0 Å². The molecule has 1 aromatic carbocycles. The number of hydrogen-bond acceptors (Lipinski definition) is 2. The second kappa shape index (κ2) is 4.97. The smallest absolute Gasteiger partial charge is 0.235 e. The zero-order valence-electron chi connectivity index (χ0n) is 10.1. The molecule has 1 aliphatic carbocycles. The van der Waals surface area contributed by atoms with E-state index >= 15 is 0 Å². The van der Waals surface area contributed by atoms with Crippen molar-refractivity contribution in [1.82, 2.24) is 4.90 Å². The fourth-order valence-electron chi connectivity index (χ4n) is 2.01. The van der Waals surface area contributed by atoms with Crippen LogP contribution in [0, 0.1) is 5.41 Å². The molecular weight excluding hydrogens is 312 g/mol. The van der Waals surface area contributed by atoms with Crippen molar-refractivity contribution >= 4 is 39.0 Å². The summed E-state index contributed by atoms with van der Waals surface area (Å²) in [5.74, 6) is 0.0331. The second-order valence-corrected chi connectivity index (χ2v) is 5.99. The molecule has 0 radical (unpaired) electrons. The van der Waals surface area contributed by atoms with Crippen LogP contribution in [-0.2, 0) is 11.3 Å². The van der Waals surface area contributed by atoms with Crippen molar-refractivity contribution in [2.75, 3.05) is 7.05 Å². The van der Waals surface area contributed by atoms with Crippen LogP contribution in [0.3, 0.4) is 0 Å². The average molecular weight is 327 g/mol. The fraction of sp³-hybridized carbons (Fsp3) is 0.385. The van der Waals surface area contributed by atoms with Gasteiger partial charge in [0.15, 0.2) is 0 Å². The highest BCUT2D eigenvalue weighted by Gasteiger charge is 2.53. The summed E-state index contributed by atoms with van der Waals surface area (Å²) in [4.78, 5) is 14.4. The minimum Gasteiger partial charge on any atom is -0.392 e. The summed E-state index contributed by atoms with van der Waals surface area (Å²) in [6.07, 6.45) is 1.56. The molecule has 1 amide bonds. The molecule has 1 aliphatic rings. The Morgan fingerprint density at radius 1 is 1.50 bits per heavy atom. The first-order chi connectivity index (χ1) is 8.47. The lowest BCUT2D eigenvalue weighted by Gasteiger charge is -2.23. The first-order valence-electron chi connectivity index (χ1n) is 5.76. The standard InChI is InChI=1S/C13H15BrN2OS/c1-16(8-9-4-2-3-5-10(9)14)12(17)13(6-7-13)11(15)18/h2-5H,6-8H2,1H3,(H2,15,18). The number of nitrogens with two attached hydrogens (primary N) is 1. The quantitative estimate of drug-likeness (QED) is 0.864. The van der Waals surface area contributed by atoms with Crippen molar-refractivity contribution in [2.45, 2.75) is 19.4 Å². The van der Waals surface area contributed by atoms with Gasteiger partial charge in [-0.05, 0) is 24.5 Å². The lowest BCUT2D eigenvalue weighted by Crippen LogP contribution is -2.40. The van der Waals surface area contributed by atoms with Gasteiger partial charge in [-0.25, -0.2) is 0 Å². The van der Waals surface area contributed by atoms with Crippen LogP contribution >= 0.6 is 28.1 Å². The van der Waals surface area contributed by atoms with Crippen LogP contribution in [-0.4, -0.2) is 22.8 Å². The summed E-state index contributed by atoms with van der Waals surface area (Å²) in [5, 5.41) is 0. The lowest BCUT2D eigenvalue weighted by molar-refractivity contribution is -0.133. The summed E-state index contributed by atoms with van der Waals surface area (Å²) in [6.45, 7) is 0.560. The van der Waals surface area contributed by atoms with Gasteiger partial charge in [0.25, 0.3) is 0 Å². The normalized spacial score (nSPS) is 16.1. The number of hydrogen-bond donors (Lipinski definition) is 1. The van der Waals surface area contributed by atoms with Crippen LogP contribution in [0.5, 0.6) is 0 Å². The monoisotopic (exact) mass is 326 g/mol. The van der Waals surface area contributed by atoms with E-state index in [2.05, 4.69) is 15.9 Å². The van der Waals surface area contributed by atoms with E-state index in [1.54, 1.807) is 11.9 Å². The number of thiocarbonyl (C=S) groups is 1. The summed E-state index contributed by atoms with van der Waals surface area (Å²) in [5.41, 5.74) is 6.18. The predicted octanol–water partition coefficient (Wildman–Crippen LogP) is 2.47. The van der Waals surface area contributed by atoms with Crippen LogP contribution in [0.1, 0.15) is 18.4 Å². The highest BCUT2D eigenvalue weighted by Crippen LogP contribution is 2.47. The number of carbonyl (C=O) groups is 1. The van der Waals surface area contributed by atoms with Crippen LogP contribution in [0.2, 0.25) is 0 Å². The molecular formula is C13H15BrN2OS. The summed E-state index contributed by atoms with van der Waals surface area (Å²) >= 11 is 8.48. The SMILES string of the molecule is CN(Cc1ccccc1Br)C(=O)C1(C(N)=S)CC1. The number of halogens is 1. The molecule has 2 N–H and O–H groups in total. The molecule has 0 unspecified atom stereocenters. The number of rotatable bonds is 4. The number of nitrogens with zero attached hydrogens (tertiary/aromatic N) is 1. The molecule has 5 heteroatoms. The molecule has 1 saturated carbocycles. The summed E-state index contributed by atoms with van der Waals surface area (Å²) in [6, 6.07) is 7.87. The van der Waals surface area contributed by atoms with E-state index in [9.17, 15) is 4.79 Å². The number of carbonyl (C=O) groups excluding carboxylic acids is 1. The van der Waals surface area contributed by atoms with Gasteiger partial charge in [0.2, 0.25) is 5.91 Å². The highest BCUT2D eigenvalue weighted by molar-refractivity contribution is 9.10. The molecule has 0 aromatic heterocycles. The molecule has 3 nitrogen and oxygen atoms in total. The summed E-state index contributed by atoms with van der Waals surface area (Å²) < 4.78 is 1.00. The van der Waals surface area contributed by atoms with E-state index in [1.807, 2.05) is 24.3 Å². The maximum atomic E-state index is 12.3. The van der Waals surface area contributed by atoms with Crippen LogP contribution in [0.4, 0.5) is 0 Å². The third-order valence-corrected chi connectivity index (χ3v) is 4.51. The molecule has 96 valence electrons. The topological polar surface area (TPSA) is 46.3 Å². The van der Waals surface area contributed by atoms with E-state index in [4.69, 9.17) is 18.0 Å². The molecule has 0 aliphatic heterocycles. The van der Waals surface area contributed by atoms with E-state index in [0.717, 1.165) is 22.9 Å². The van der Waals surface area contributed by atoms with Crippen LogP contribution in [0.15, 0.2) is 28.7 Å². The van der Waals surface area contributed by atoms with Gasteiger partial charge in [0.05, 0.1) is 10.4 Å². The maximum Gasteiger partial charge on any atom is 0.235 e. The van der Waals surface area contributed by atoms with E-state index in [0.29, 0.717) is 11.5 Å². The Morgan fingerprint density at radius 2 is 2.11 bits per heavy atom. The van der Waals surface area contributed by atoms with Gasteiger partial charge in [-0.3, -0.25) is 4.79 Å². The third-order valence-electron chi connectivity index (χ3n) is 3.34. The van der Waals surface area contributed by atoms with Gasteiger partial charge < -0.3 is 10.6 Å². The molecule has 0 spiro atoms. The molecule has 0 saturated heterocycles. The van der Waals surface area contributed by atoms with E-state index in [1.165, 1.54) is 0 Å². The fourth-order valence-corrected chi connectivity index (χ4v) is 2.71. The van der Waals surface area contributed by atoms with Gasteiger partial charge in [-0.2, -0.15) is 0 Å².